The summed E-state index contributed by atoms with van der Waals surface area (Å²) in [4.78, 5) is 12.1. The molecule has 3 nitrogen and oxygen atoms in total. The SMILES string of the molecule is Cc1ccc(-c2ccc(C)cc2)cc1.Cc1ccc(C)c2ccccc12.Cc1ccc(C)cc1.Cc1ccc(C)nc1.Cc1ccc2c(c1)C1(c3ccccc3-c3ccccc31)c1cc(C)ccc1-2.Cc1cccc(C)c1.Cc1ccccc1C.Cc1cccnc1C.Cc1cncc(C)c1. The highest BCUT2D eigenvalue weighted by Gasteiger charge is 2.51. The molecule has 2 aliphatic carbocycles. The van der Waals surface area contributed by atoms with Crippen LogP contribution in [0.1, 0.15) is 123 Å². The highest BCUT2D eigenvalue weighted by molar-refractivity contribution is 5.95. The number of hydrogen-bond acceptors (Lipinski definition) is 3. The van der Waals surface area contributed by atoms with Gasteiger partial charge in [-0.25, -0.2) is 0 Å². The molecule has 0 atom stereocenters. The minimum atomic E-state index is -0.199. The molecule has 14 aromatic rings. The Morgan fingerprint density at radius 1 is 0.218 bits per heavy atom. The van der Waals surface area contributed by atoms with E-state index < -0.39 is 0 Å². The first-order valence-corrected chi connectivity index (χ1v) is 35.3. The molecule has 0 unspecified atom stereocenters. The van der Waals surface area contributed by atoms with Gasteiger partial charge in [-0.1, -0.05) is 305 Å². The first-order valence-electron chi connectivity index (χ1n) is 35.3. The van der Waals surface area contributed by atoms with Crippen molar-refractivity contribution in [3.63, 3.8) is 0 Å². The van der Waals surface area contributed by atoms with Crippen molar-refractivity contribution in [1.29, 1.82) is 0 Å². The average molecular weight is 1320 g/mol. The highest BCUT2D eigenvalue weighted by atomic mass is 14.7. The lowest BCUT2D eigenvalue weighted by molar-refractivity contribution is 0.791. The molecule has 0 saturated heterocycles. The molecule has 510 valence electrons. The van der Waals surface area contributed by atoms with Gasteiger partial charge in [0.1, 0.15) is 0 Å². The van der Waals surface area contributed by atoms with Crippen LogP contribution >= 0.6 is 0 Å². The van der Waals surface area contributed by atoms with Crippen LogP contribution in [0.3, 0.4) is 0 Å². The number of aromatic nitrogens is 3. The fourth-order valence-corrected chi connectivity index (χ4v) is 12.4. The summed E-state index contributed by atoms with van der Waals surface area (Å²) in [6.45, 7) is 37.7. The van der Waals surface area contributed by atoms with E-state index in [1.54, 1.807) is 0 Å². The second-order valence-electron chi connectivity index (χ2n) is 27.2. The van der Waals surface area contributed by atoms with Gasteiger partial charge < -0.3 is 0 Å². The van der Waals surface area contributed by atoms with Crippen LogP contribution in [0.15, 0.2) is 298 Å². The fourth-order valence-electron chi connectivity index (χ4n) is 12.4. The molecular weight excluding hydrogens is 1220 g/mol. The van der Waals surface area contributed by atoms with Crippen LogP contribution in [-0.4, -0.2) is 15.0 Å². The molecule has 3 heterocycles. The molecule has 101 heavy (non-hydrogen) atoms. The van der Waals surface area contributed by atoms with E-state index in [2.05, 4.69) is 366 Å². The van der Waals surface area contributed by atoms with Crippen LogP contribution in [0.2, 0.25) is 0 Å². The van der Waals surface area contributed by atoms with Gasteiger partial charge in [-0.3, -0.25) is 15.0 Å². The molecule has 3 heteroatoms. The normalized spacial score (nSPS) is 11.0. The zero-order valence-corrected chi connectivity index (χ0v) is 63.1. The fraction of sp³-hybridized carbons (Fsp3) is 0.194. The summed E-state index contributed by atoms with van der Waals surface area (Å²) in [6, 6.07) is 97.5. The topological polar surface area (TPSA) is 38.7 Å². The van der Waals surface area contributed by atoms with E-state index in [-0.39, 0.29) is 5.41 Å². The second kappa shape index (κ2) is 36.8. The maximum Gasteiger partial charge on any atom is 0.0725 e. The van der Waals surface area contributed by atoms with Crippen molar-refractivity contribution in [1.82, 2.24) is 15.0 Å². The van der Waals surface area contributed by atoms with Crippen molar-refractivity contribution in [2.24, 2.45) is 0 Å². The molecule has 0 aliphatic heterocycles. The van der Waals surface area contributed by atoms with Crippen LogP contribution in [0.25, 0.3) is 44.2 Å². The average Bonchev–Trinajstić information content (AvgIpc) is 1.51. The first kappa shape index (κ1) is 75.9. The number of nitrogens with zero attached hydrogens (tertiary/aromatic N) is 3. The predicted molar refractivity (Wildman–Crippen MR) is 436 cm³/mol. The quantitative estimate of drug-likeness (QED) is 0.164. The molecule has 0 N–H and O–H groups in total. The van der Waals surface area contributed by atoms with E-state index in [1.165, 1.54) is 155 Å². The van der Waals surface area contributed by atoms with Gasteiger partial charge in [0.05, 0.1) is 5.41 Å². The third-order valence-electron chi connectivity index (χ3n) is 18.4. The standard InChI is InChI=1S/C27H20.C14H14.C12H12.3C8H10.3C7H9N/c1-17-11-13-21-22-14-12-18(2)16-26(22)27(25(21)15-17)23-9-5-3-7-19(23)20-8-4-6-10-24(20)27;1-11-3-7-13(8-4-11)14-9-5-12(2)6-10-14;1-9-7-8-10(2)12-6-4-3-5-11(9)12;1-7-3-5-8(2)6-4-7;1-7-4-3-5-8(2)6-7;1-7-5-3-4-6-8(7)2;1-6-3-7(2)5-8-4-6;1-6-3-4-7(2)8-5-6;1-6-4-3-5-8-7(6)2/h3-16H,1-2H3;3-10H,1-2H3;3-8H,1-2H3;3*3-6H,1-2H3;3*3-5H,1-2H3. The Labute approximate surface area is 605 Å². The maximum absolute atomic E-state index is 4.08. The van der Waals surface area contributed by atoms with Gasteiger partial charge in [0.25, 0.3) is 0 Å². The van der Waals surface area contributed by atoms with Crippen molar-refractivity contribution >= 4 is 10.8 Å². The third kappa shape index (κ3) is 21.1. The molecule has 0 bridgehead atoms. The zero-order valence-electron chi connectivity index (χ0n) is 63.1. The second-order valence-corrected chi connectivity index (χ2v) is 27.2. The Hall–Kier alpha value is -10.9. The third-order valence-corrected chi connectivity index (χ3v) is 18.4. The Morgan fingerprint density at radius 2 is 0.574 bits per heavy atom. The molecule has 3 aromatic heterocycles. The first-order chi connectivity index (χ1) is 48.5. The van der Waals surface area contributed by atoms with Crippen molar-refractivity contribution in [3.05, 3.63) is 420 Å². The van der Waals surface area contributed by atoms with E-state index >= 15 is 0 Å². The molecule has 0 radical (unpaired) electrons. The van der Waals surface area contributed by atoms with E-state index in [1.807, 2.05) is 71.5 Å². The molecule has 2 aliphatic rings. The van der Waals surface area contributed by atoms with Crippen molar-refractivity contribution < 1.29 is 0 Å². The van der Waals surface area contributed by atoms with E-state index in [0.717, 1.165) is 11.4 Å². The highest BCUT2D eigenvalue weighted by Crippen LogP contribution is 2.63. The predicted octanol–water partition coefficient (Wildman–Crippen LogP) is 26.1. The maximum atomic E-state index is 4.08. The van der Waals surface area contributed by atoms with Crippen LogP contribution in [0.5, 0.6) is 0 Å². The zero-order chi connectivity index (χ0) is 72.6. The minimum Gasteiger partial charge on any atom is -0.264 e. The largest absolute Gasteiger partial charge is 0.264 e. The van der Waals surface area contributed by atoms with Crippen molar-refractivity contribution in [3.8, 4) is 33.4 Å². The number of benzene rings is 11. The smallest absolute Gasteiger partial charge is 0.0725 e. The van der Waals surface area contributed by atoms with Crippen LogP contribution in [-0.2, 0) is 5.41 Å². The van der Waals surface area contributed by atoms with E-state index in [0.29, 0.717) is 0 Å². The molecule has 11 aromatic carbocycles. The van der Waals surface area contributed by atoms with Gasteiger partial charge in [0.2, 0.25) is 0 Å². The molecule has 1 spiro atoms. The summed E-state index contributed by atoms with van der Waals surface area (Å²) in [5.74, 6) is 0. The van der Waals surface area contributed by atoms with Gasteiger partial charge in [0.15, 0.2) is 0 Å². The monoisotopic (exact) mass is 1320 g/mol. The molecule has 0 amide bonds. The van der Waals surface area contributed by atoms with Crippen molar-refractivity contribution in [2.75, 3.05) is 0 Å². The Balaban J connectivity index is 0.000000152. The molecule has 16 rings (SSSR count). The van der Waals surface area contributed by atoms with Gasteiger partial charge in [-0.15, -0.1) is 0 Å². The van der Waals surface area contributed by atoms with Crippen molar-refractivity contribution in [2.45, 2.75) is 130 Å². The molecule has 0 saturated carbocycles. The van der Waals surface area contributed by atoms with Crippen LogP contribution in [0, 0.1) is 125 Å². The summed E-state index contributed by atoms with van der Waals surface area (Å²) in [5, 5.41) is 2.75. The lowest BCUT2D eigenvalue weighted by Gasteiger charge is -2.30. The lowest BCUT2D eigenvalue weighted by atomic mass is 9.70. The summed E-state index contributed by atoms with van der Waals surface area (Å²) in [5.41, 5.74) is 36.7. The summed E-state index contributed by atoms with van der Waals surface area (Å²) in [7, 11) is 0. The minimum absolute atomic E-state index is 0.199. The van der Waals surface area contributed by atoms with E-state index in [9.17, 15) is 0 Å². The Kier molecular flexibility index (Phi) is 27.7. The molecule has 0 fully saturated rings. The number of aryl methyl sites for hydroxylation is 18. The number of fused-ring (bicyclic) bond motifs is 11. The lowest BCUT2D eigenvalue weighted by Crippen LogP contribution is -2.26. The van der Waals surface area contributed by atoms with Crippen LogP contribution < -0.4 is 0 Å². The van der Waals surface area contributed by atoms with Gasteiger partial charge >= 0.3 is 0 Å². The molecular formula is C98H103N3. The number of rotatable bonds is 1. The van der Waals surface area contributed by atoms with Gasteiger partial charge in [-0.2, -0.15) is 0 Å². The summed E-state index contributed by atoms with van der Waals surface area (Å²) < 4.78 is 0. The van der Waals surface area contributed by atoms with Gasteiger partial charge in [0, 0.05) is 36.2 Å². The van der Waals surface area contributed by atoms with Gasteiger partial charge in [-0.05, 0) is 248 Å². The Bertz CT molecular complexity index is 4510. The number of pyridine rings is 3. The van der Waals surface area contributed by atoms with Crippen LogP contribution in [0.4, 0.5) is 0 Å². The summed E-state index contributed by atoms with van der Waals surface area (Å²) >= 11 is 0. The number of hydrogen-bond donors (Lipinski definition) is 0. The van der Waals surface area contributed by atoms with E-state index in [4.69, 9.17) is 0 Å². The summed E-state index contributed by atoms with van der Waals surface area (Å²) in [6.07, 6.45) is 7.39. The Morgan fingerprint density at radius 3 is 0.921 bits per heavy atom.